The van der Waals surface area contributed by atoms with Crippen LogP contribution in [0.25, 0.3) is 0 Å². The van der Waals surface area contributed by atoms with Crippen molar-refractivity contribution in [3.63, 3.8) is 0 Å². The molecule has 156 valence electrons. The molecule has 2 amide bonds. The van der Waals surface area contributed by atoms with Crippen LogP contribution in [0, 0.1) is 19.8 Å². The summed E-state index contributed by atoms with van der Waals surface area (Å²) in [5, 5.41) is 16.9. The van der Waals surface area contributed by atoms with E-state index in [2.05, 4.69) is 25.6 Å². The van der Waals surface area contributed by atoms with Crippen molar-refractivity contribution in [2.24, 2.45) is 5.92 Å². The average Bonchev–Trinajstić information content (AvgIpc) is 3.44. The first-order chi connectivity index (χ1) is 14.0. The predicted molar refractivity (Wildman–Crippen MR) is 109 cm³/mol. The summed E-state index contributed by atoms with van der Waals surface area (Å²) in [5.41, 5.74) is 1.94. The molecular weight excluding hydrogens is 392 g/mol. The number of amides is 2. The molecule has 0 spiro atoms. The number of hydrogen-bond acceptors (Lipinski definition) is 8. The van der Waals surface area contributed by atoms with Crippen molar-refractivity contribution in [1.29, 1.82) is 0 Å². The molecule has 2 aromatic rings. The lowest BCUT2D eigenvalue weighted by Crippen LogP contribution is -2.43. The number of anilines is 2. The number of aromatic nitrogens is 3. The highest BCUT2D eigenvalue weighted by Crippen LogP contribution is 2.32. The Morgan fingerprint density at radius 3 is 2.79 bits per heavy atom. The fourth-order valence-corrected chi connectivity index (χ4v) is 4.90. The molecule has 2 aliphatic heterocycles. The maximum absolute atomic E-state index is 12.7. The van der Waals surface area contributed by atoms with Gasteiger partial charge in [-0.05, 0) is 39.5 Å². The zero-order valence-electron chi connectivity index (χ0n) is 16.8. The molecule has 2 saturated heterocycles. The molecule has 1 unspecified atom stereocenters. The number of carbonyl (C=O) groups is 2. The quantitative estimate of drug-likeness (QED) is 0.763. The Morgan fingerprint density at radius 1 is 1.24 bits per heavy atom. The van der Waals surface area contributed by atoms with Gasteiger partial charge in [-0.3, -0.25) is 14.5 Å². The van der Waals surface area contributed by atoms with Crippen LogP contribution in [0.4, 0.5) is 10.3 Å². The summed E-state index contributed by atoms with van der Waals surface area (Å²) in [6, 6.07) is 0. The normalized spacial score (nSPS) is 19.8. The number of nitrogens with zero attached hydrogens (tertiary/aromatic N) is 5. The molecule has 10 heteroatoms. The molecule has 2 aromatic heterocycles. The van der Waals surface area contributed by atoms with Gasteiger partial charge in [0.05, 0.1) is 11.6 Å². The Hall–Kier alpha value is -2.49. The zero-order chi connectivity index (χ0) is 20.4. The van der Waals surface area contributed by atoms with E-state index in [-0.39, 0.29) is 17.7 Å². The van der Waals surface area contributed by atoms with Crippen molar-refractivity contribution in [2.45, 2.75) is 46.0 Å². The van der Waals surface area contributed by atoms with Gasteiger partial charge in [-0.1, -0.05) is 16.5 Å². The van der Waals surface area contributed by atoms with Crippen LogP contribution in [-0.4, -0.2) is 53.3 Å². The Bertz CT molecular complexity index is 875. The SMILES string of the molecule is Cc1noc(C)c1CCNC(=O)C1CCCN(c2nnc(N3CCCC3=O)s2)C1. The second-order valence-electron chi connectivity index (χ2n) is 7.65. The molecular formula is C19H26N6O3S. The summed E-state index contributed by atoms with van der Waals surface area (Å²) in [7, 11) is 0. The van der Waals surface area contributed by atoms with E-state index in [1.54, 1.807) is 4.90 Å². The molecule has 29 heavy (non-hydrogen) atoms. The van der Waals surface area contributed by atoms with Crippen molar-refractivity contribution in [3.05, 3.63) is 17.0 Å². The van der Waals surface area contributed by atoms with E-state index in [1.807, 2.05) is 13.8 Å². The molecule has 1 N–H and O–H groups in total. The lowest BCUT2D eigenvalue weighted by Gasteiger charge is -2.31. The lowest BCUT2D eigenvalue weighted by atomic mass is 9.97. The van der Waals surface area contributed by atoms with E-state index >= 15 is 0 Å². The predicted octanol–water partition coefficient (Wildman–Crippen LogP) is 1.85. The van der Waals surface area contributed by atoms with Crippen LogP contribution in [0.15, 0.2) is 4.52 Å². The summed E-state index contributed by atoms with van der Waals surface area (Å²) in [6.07, 6.45) is 3.96. The third kappa shape index (κ3) is 4.26. The standard InChI is InChI=1S/C19H26N6O3S/c1-12-15(13(2)28-23-12)7-8-20-17(27)14-5-3-9-24(11-14)18-21-22-19(29-18)25-10-4-6-16(25)26/h14H,3-11H2,1-2H3,(H,20,27). The van der Waals surface area contributed by atoms with Crippen LogP contribution >= 0.6 is 11.3 Å². The van der Waals surface area contributed by atoms with Crippen molar-refractivity contribution in [3.8, 4) is 0 Å². The summed E-state index contributed by atoms with van der Waals surface area (Å²) >= 11 is 1.43. The monoisotopic (exact) mass is 418 g/mol. The van der Waals surface area contributed by atoms with Gasteiger partial charge < -0.3 is 14.7 Å². The smallest absolute Gasteiger partial charge is 0.228 e. The van der Waals surface area contributed by atoms with E-state index < -0.39 is 0 Å². The Kier molecular flexibility index (Phi) is 5.79. The molecule has 0 aliphatic carbocycles. The number of hydrogen-bond donors (Lipinski definition) is 1. The van der Waals surface area contributed by atoms with Gasteiger partial charge in [0.2, 0.25) is 22.1 Å². The van der Waals surface area contributed by atoms with E-state index in [0.29, 0.717) is 37.6 Å². The molecule has 0 radical (unpaired) electrons. The topological polar surface area (TPSA) is 104 Å². The second kappa shape index (κ2) is 8.48. The first kappa shape index (κ1) is 19.8. The van der Waals surface area contributed by atoms with E-state index in [0.717, 1.165) is 48.0 Å². The summed E-state index contributed by atoms with van der Waals surface area (Å²) in [6.45, 7) is 6.56. The first-order valence-electron chi connectivity index (χ1n) is 10.1. The number of nitrogens with one attached hydrogen (secondary N) is 1. The summed E-state index contributed by atoms with van der Waals surface area (Å²) in [4.78, 5) is 28.4. The van der Waals surface area contributed by atoms with Crippen molar-refractivity contribution >= 4 is 33.4 Å². The van der Waals surface area contributed by atoms with Crippen LogP contribution in [-0.2, 0) is 16.0 Å². The van der Waals surface area contributed by atoms with Crippen LogP contribution in [0.1, 0.15) is 42.7 Å². The van der Waals surface area contributed by atoms with Crippen molar-refractivity contribution in [1.82, 2.24) is 20.7 Å². The van der Waals surface area contributed by atoms with Gasteiger partial charge in [-0.25, -0.2) is 0 Å². The molecule has 0 bridgehead atoms. The number of piperidine rings is 1. The minimum absolute atomic E-state index is 0.0703. The maximum Gasteiger partial charge on any atom is 0.228 e. The minimum atomic E-state index is -0.0748. The van der Waals surface area contributed by atoms with Gasteiger partial charge in [0.1, 0.15) is 5.76 Å². The lowest BCUT2D eigenvalue weighted by molar-refractivity contribution is -0.125. The van der Waals surface area contributed by atoms with Gasteiger partial charge in [0, 0.05) is 38.2 Å². The van der Waals surface area contributed by atoms with E-state index in [9.17, 15) is 9.59 Å². The molecule has 0 saturated carbocycles. The van der Waals surface area contributed by atoms with Gasteiger partial charge in [-0.15, -0.1) is 10.2 Å². The number of carbonyl (C=O) groups excluding carboxylic acids is 2. The second-order valence-corrected chi connectivity index (χ2v) is 8.58. The third-order valence-corrected chi connectivity index (χ3v) is 6.63. The largest absolute Gasteiger partial charge is 0.361 e. The fraction of sp³-hybridized carbons (Fsp3) is 0.632. The molecule has 9 nitrogen and oxygen atoms in total. The van der Waals surface area contributed by atoms with Gasteiger partial charge in [-0.2, -0.15) is 0 Å². The highest BCUT2D eigenvalue weighted by molar-refractivity contribution is 7.19. The van der Waals surface area contributed by atoms with Gasteiger partial charge >= 0.3 is 0 Å². The van der Waals surface area contributed by atoms with Gasteiger partial charge in [0.15, 0.2) is 0 Å². The molecule has 2 fully saturated rings. The summed E-state index contributed by atoms with van der Waals surface area (Å²) < 4.78 is 5.17. The maximum atomic E-state index is 12.7. The Morgan fingerprint density at radius 2 is 2.07 bits per heavy atom. The Labute approximate surface area is 173 Å². The van der Waals surface area contributed by atoms with Crippen LogP contribution in [0.3, 0.4) is 0 Å². The fourth-order valence-electron chi connectivity index (χ4n) is 3.97. The van der Waals surface area contributed by atoms with Crippen LogP contribution in [0.5, 0.6) is 0 Å². The molecule has 4 rings (SSSR count). The average molecular weight is 419 g/mol. The number of rotatable bonds is 6. The highest BCUT2D eigenvalue weighted by atomic mass is 32.1. The minimum Gasteiger partial charge on any atom is -0.361 e. The van der Waals surface area contributed by atoms with E-state index in [1.165, 1.54) is 11.3 Å². The van der Waals surface area contributed by atoms with Crippen LogP contribution < -0.4 is 15.1 Å². The molecule has 4 heterocycles. The molecule has 2 aliphatic rings. The molecule has 1 atom stereocenters. The van der Waals surface area contributed by atoms with Crippen LogP contribution in [0.2, 0.25) is 0 Å². The third-order valence-electron chi connectivity index (χ3n) is 5.63. The highest BCUT2D eigenvalue weighted by Gasteiger charge is 2.30. The Balaban J connectivity index is 1.31. The van der Waals surface area contributed by atoms with E-state index in [4.69, 9.17) is 4.52 Å². The first-order valence-corrected chi connectivity index (χ1v) is 10.9. The van der Waals surface area contributed by atoms with Crippen molar-refractivity contribution in [2.75, 3.05) is 36.0 Å². The zero-order valence-corrected chi connectivity index (χ0v) is 17.6. The molecule has 0 aromatic carbocycles. The summed E-state index contributed by atoms with van der Waals surface area (Å²) in [5.74, 6) is 0.918. The van der Waals surface area contributed by atoms with Gasteiger partial charge in [0.25, 0.3) is 0 Å². The van der Waals surface area contributed by atoms with Crippen molar-refractivity contribution < 1.29 is 14.1 Å². The number of aryl methyl sites for hydroxylation is 2.